The first-order chi connectivity index (χ1) is 19.8. The van der Waals surface area contributed by atoms with Gasteiger partial charge in [-0.1, -0.05) is 93.7 Å². The van der Waals surface area contributed by atoms with Gasteiger partial charge in [-0.2, -0.15) is 0 Å². The standard InChI is InChI=1S/C41H68O/c1-34(2)20-14-23-37(5)26-17-29-38(6)27-15-24-35(3)21-12-13-22-36(4)25-16-28-39(7)30-18-31-40(8)32-19-33-41(9,10)42-11/h12-13,20-22,26-28,31H,14-19,23-25,29-30,32-33H2,1-11H3/b13-12+,35-21+,36-22+,37-26+,38-27+,39-28+,40-31+. The van der Waals surface area contributed by atoms with Crippen LogP contribution in [0.4, 0.5) is 0 Å². The zero-order valence-corrected chi connectivity index (χ0v) is 29.8. The Labute approximate surface area is 263 Å². The molecule has 0 fully saturated rings. The summed E-state index contributed by atoms with van der Waals surface area (Å²) in [4.78, 5) is 0. The molecule has 1 nitrogen and oxygen atoms in total. The van der Waals surface area contributed by atoms with E-state index in [1.54, 1.807) is 0 Å². The molecule has 0 unspecified atom stereocenters. The molecule has 0 rings (SSSR count). The number of methoxy groups -OCH3 is 1. The minimum Gasteiger partial charge on any atom is -0.379 e. The zero-order valence-electron chi connectivity index (χ0n) is 29.8. The molecular formula is C41H68O. The summed E-state index contributed by atoms with van der Waals surface area (Å²) in [5.41, 5.74) is 10.3. The van der Waals surface area contributed by atoms with Crippen LogP contribution < -0.4 is 0 Å². The first-order valence-corrected chi connectivity index (χ1v) is 16.6. The van der Waals surface area contributed by atoms with Crippen molar-refractivity contribution in [3.05, 3.63) is 93.7 Å². The van der Waals surface area contributed by atoms with Crippen LogP contribution in [0.2, 0.25) is 0 Å². The second kappa shape index (κ2) is 24.3. The molecule has 1 heteroatoms. The molecule has 0 aliphatic heterocycles. The minimum atomic E-state index is -0.00299. The molecule has 0 aliphatic carbocycles. The van der Waals surface area contributed by atoms with Crippen molar-refractivity contribution in [2.24, 2.45) is 0 Å². The van der Waals surface area contributed by atoms with Gasteiger partial charge in [-0.05, 0) is 153 Å². The number of ether oxygens (including phenoxy) is 1. The molecule has 0 saturated carbocycles. The van der Waals surface area contributed by atoms with Crippen LogP contribution in [0.1, 0.15) is 153 Å². The molecule has 238 valence electrons. The van der Waals surface area contributed by atoms with Gasteiger partial charge in [0, 0.05) is 7.11 Å². The summed E-state index contributed by atoms with van der Waals surface area (Å²) in [6, 6.07) is 0. The lowest BCUT2D eigenvalue weighted by Crippen LogP contribution is -2.21. The Balaban J connectivity index is 4.27. The predicted octanol–water partition coefficient (Wildman–Crippen LogP) is 13.7. The number of hydrogen-bond acceptors (Lipinski definition) is 1. The highest BCUT2D eigenvalue weighted by molar-refractivity contribution is 5.19. The lowest BCUT2D eigenvalue weighted by molar-refractivity contribution is 0.0140. The van der Waals surface area contributed by atoms with Crippen molar-refractivity contribution in [1.82, 2.24) is 0 Å². The first-order valence-electron chi connectivity index (χ1n) is 16.6. The van der Waals surface area contributed by atoms with Crippen LogP contribution in [0.25, 0.3) is 0 Å². The second-order valence-corrected chi connectivity index (χ2v) is 13.4. The van der Waals surface area contributed by atoms with E-state index < -0.39 is 0 Å². The fraction of sp³-hybridized carbons (Fsp3) is 0.610. The molecule has 0 amide bonds. The van der Waals surface area contributed by atoms with Gasteiger partial charge in [-0.25, -0.2) is 0 Å². The highest BCUT2D eigenvalue weighted by Gasteiger charge is 2.15. The summed E-state index contributed by atoms with van der Waals surface area (Å²) in [6.45, 7) is 22.3. The van der Waals surface area contributed by atoms with Crippen LogP contribution in [0.15, 0.2) is 93.7 Å². The van der Waals surface area contributed by atoms with E-state index in [4.69, 9.17) is 4.74 Å². The molecule has 0 atom stereocenters. The van der Waals surface area contributed by atoms with Crippen LogP contribution >= 0.6 is 0 Å². The molecule has 0 heterocycles. The van der Waals surface area contributed by atoms with Gasteiger partial charge < -0.3 is 4.74 Å². The molecule has 0 spiro atoms. The molecule has 0 aromatic rings. The largest absolute Gasteiger partial charge is 0.379 e. The van der Waals surface area contributed by atoms with Crippen LogP contribution in [0.5, 0.6) is 0 Å². The van der Waals surface area contributed by atoms with Crippen molar-refractivity contribution in [2.75, 3.05) is 7.11 Å². The average molecular weight is 577 g/mol. The van der Waals surface area contributed by atoms with Gasteiger partial charge in [0.25, 0.3) is 0 Å². The Kier molecular flexibility index (Phi) is 23.1. The van der Waals surface area contributed by atoms with Gasteiger partial charge >= 0.3 is 0 Å². The van der Waals surface area contributed by atoms with Gasteiger partial charge in [-0.15, -0.1) is 0 Å². The second-order valence-electron chi connectivity index (χ2n) is 13.4. The first kappa shape index (κ1) is 39.9. The zero-order chi connectivity index (χ0) is 31.8. The molecular weight excluding hydrogens is 508 g/mol. The number of hydrogen-bond donors (Lipinski definition) is 0. The Hall–Kier alpha value is -2.12. The Morgan fingerprint density at radius 3 is 1.17 bits per heavy atom. The maximum atomic E-state index is 5.53. The fourth-order valence-corrected chi connectivity index (χ4v) is 4.68. The minimum absolute atomic E-state index is 0.00299. The molecule has 0 bridgehead atoms. The van der Waals surface area contributed by atoms with Crippen LogP contribution in [-0.2, 0) is 4.74 Å². The molecule has 0 saturated heterocycles. The van der Waals surface area contributed by atoms with Crippen molar-refractivity contribution < 1.29 is 4.74 Å². The Bertz CT molecular complexity index is 980. The molecule has 0 radical (unpaired) electrons. The third-order valence-corrected chi connectivity index (χ3v) is 7.99. The highest BCUT2D eigenvalue weighted by atomic mass is 16.5. The molecule has 42 heavy (non-hydrogen) atoms. The van der Waals surface area contributed by atoms with Crippen LogP contribution in [-0.4, -0.2) is 12.7 Å². The molecule has 0 aromatic heterocycles. The van der Waals surface area contributed by atoms with E-state index in [1.807, 2.05) is 7.11 Å². The number of allylic oxidation sites excluding steroid dienone is 16. The SMILES string of the molecule is COC(C)(C)CCC/C(C)=C/CC/C(C)=C/CC/C(C)=C/C=C/C=C(\C)CC/C=C(\C)CC/C=C(\C)CCC=C(C)C. The summed E-state index contributed by atoms with van der Waals surface area (Å²) >= 11 is 0. The highest BCUT2D eigenvalue weighted by Crippen LogP contribution is 2.20. The van der Waals surface area contributed by atoms with Crippen molar-refractivity contribution in [3.63, 3.8) is 0 Å². The summed E-state index contributed by atoms with van der Waals surface area (Å²) in [5.74, 6) is 0. The van der Waals surface area contributed by atoms with Crippen LogP contribution in [0, 0.1) is 0 Å². The van der Waals surface area contributed by atoms with Gasteiger partial charge in [0.1, 0.15) is 0 Å². The summed E-state index contributed by atoms with van der Waals surface area (Å²) in [7, 11) is 1.81. The Morgan fingerprint density at radius 2 is 0.810 bits per heavy atom. The van der Waals surface area contributed by atoms with Crippen LogP contribution in [0.3, 0.4) is 0 Å². The van der Waals surface area contributed by atoms with Gasteiger partial charge in [0.15, 0.2) is 0 Å². The molecule has 0 aliphatic rings. The van der Waals surface area contributed by atoms with E-state index in [1.165, 1.54) is 71.1 Å². The summed E-state index contributed by atoms with van der Waals surface area (Å²) in [6.07, 6.45) is 36.0. The third-order valence-electron chi connectivity index (χ3n) is 7.99. The quantitative estimate of drug-likeness (QED) is 0.0920. The normalized spacial score (nSPS) is 14.7. The summed E-state index contributed by atoms with van der Waals surface area (Å²) < 4.78 is 5.53. The van der Waals surface area contributed by atoms with E-state index in [0.717, 1.165) is 51.4 Å². The van der Waals surface area contributed by atoms with Crippen molar-refractivity contribution in [1.29, 1.82) is 0 Å². The Morgan fingerprint density at radius 1 is 0.476 bits per heavy atom. The summed E-state index contributed by atoms with van der Waals surface area (Å²) in [5, 5.41) is 0. The monoisotopic (exact) mass is 577 g/mol. The van der Waals surface area contributed by atoms with E-state index in [-0.39, 0.29) is 5.60 Å². The molecule has 0 N–H and O–H groups in total. The van der Waals surface area contributed by atoms with E-state index in [2.05, 4.69) is 124 Å². The van der Waals surface area contributed by atoms with Crippen molar-refractivity contribution >= 4 is 0 Å². The maximum absolute atomic E-state index is 5.53. The van der Waals surface area contributed by atoms with Gasteiger partial charge in [0.2, 0.25) is 0 Å². The maximum Gasteiger partial charge on any atom is 0.0622 e. The van der Waals surface area contributed by atoms with Crippen molar-refractivity contribution in [3.8, 4) is 0 Å². The smallest absolute Gasteiger partial charge is 0.0622 e. The average Bonchev–Trinajstić information content (AvgIpc) is 2.91. The lowest BCUT2D eigenvalue weighted by atomic mass is 9.98. The van der Waals surface area contributed by atoms with E-state index in [9.17, 15) is 0 Å². The fourth-order valence-electron chi connectivity index (χ4n) is 4.68. The van der Waals surface area contributed by atoms with Crippen molar-refractivity contribution in [2.45, 2.75) is 158 Å². The predicted molar refractivity (Wildman–Crippen MR) is 192 cm³/mol. The topological polar surface area (TPSA) is 9.23 Å². The lowest BCUT2D eigenvalue weighted by Gasteiger charge is -2.22. The molecule has 0 aromatic carbocycles. The van der Waals surface area contributed by atoms with E-state index >= 15 is 0 Å². The number of rotatable bonds is 22. The third kappa shape index (κ3) is 25.6. The van der Waals surface area contributed by atoms with E-state index in [0.29, 0.717) is 0 Å². The van der Waals surface area contributed by atoms with Gasteiger partial charge in [-0.3, -0.25) is 0 Å². The van der Waals surface area contributed by atoms with Gasteiger partial charge in [0.05, 0.1) is 5.60 Å².